The van der Waals surface area contributed by atoms with E-state index in [1.54, 1.807) is 0 Å². The lowest BCUT2D eigenvalue weighted by atomic mass is 10.1. The van der Waals surface area contributed by atoms with Crippen molar-refractivity contribution in [3.63, 3.8) is 0 Å². The molecule has 1 amide bonds. The summed E-state index contributed by atoms with van der Waals surface area (Å²) in [6.07, 6.45) is 2.65. The van der Waals surface area contributed by atoms with Gasteiger partial charge < -0.3 is 15.3 Å². The molecule has 2 N–H and O–H groups in total. The summed E-state index contributed by atoms with van der Waals surface area (Å²) in [5, 5.41) is 11.6. The Bertz CT molecular complexity index is 483. The summed E-state index contributed by atoms with van der Waals surface area (Å²) in [6, 6.07) is 1.88. The number of anilines is 1. The third-order valence-electron chi connectivity index (χ3n) is 3.32. The van der Waals surface area contributed by atoms with E-state index < -0.39 is 6.09 Å². The third-order valence-corrected chi connectivity index (χ3v) is 3.49. The van der Waals surface area contributed by atoms with E-state index in [1.807, 2.05) is 6.07 Å². The Morgan fingerprint density at radius 2 is 2.40 bits per heavy atom. The Balaban J connectivity index is 2.11. The zero-order valence-electron chi connectivity index (χ0n) is 11.5. The number of hydrogen-bond acceptors (Lipinski definition) is 4. The van der Waals surface area contributed by atoms with E-state index >= 15 is 0 Å². The number of piperidine rings is 1. The van der Waals surface area contributed by atoms with Crippen molar-refractivity contribution in [2.24, 2.45) is 0 Å². The van der Waals surface area contributed by atoms with Crippen LogP contribution in [0.2, 0.25) is 5.28 Å². The molecule has 0 aromatic carbocycles. The molecule has 1 aliphatic rings. The predicted molar refractivity (Wildman–Crippen MR) is 77.4 cm³/mol. The molecular formula is C13H19ClN4O2. The number of aryl methyl sites for hydroxylation is 1. The van der Waals surface area contributed by atoms with Gasteiger partial charge >= 0.3 is 6.09 Å². The summed E-state index contributed by atoms with van der Waals surface area (Å²) in [7, 11) is 0. The van der Waals surface area contributed by atoms with Gasteiger partial charge in [0.05, 0.1) is 0 Å². The summed E-state index contributed by atoms with van der Waals surface area (Å²) in [6.45, 7) is 3.56. The molecule has 1 aromatic heterocycles. The fraction of sp³-hybridized carbons (Fsp3) is 0.615. The molecule has 1 aromatic rings. The minimum absolute atomic E-state index is 0.0652. The van der Waals surface area contributed by atoms with Gasteiger partial charge in [0.2, 0.25) is 5.28 Å². The van der Waals surface area contributed by atoms with Crippen molar-refractivity contribution in [3.05, 3.63) is 17.0 Å². The zero-order chi connectivity index (χ0) is 14.5. The maximum absolute atomic E-state index is 10.7. The molecule has 0 spiro atoms. The van der Waals surface area contributed by atoms with Crippen molar-refractivity contribution < 1.29 is 9.90 Å². The van der Waals surface area contributed by atoms with Gasteiger partial charge in [-0.2, -0.15) is 0 Å². The molecule has 1 atom stereocenters. The van der Waals surface area contributed by atoms with Crippen LogP contribution in [0, 0.1) is 0 Å². The minimum atomic E-state index is -0.982. The largest absolute Gasteiger partial charge is 0.465 e. The predicted octanol–water partition coefficient (Wildman–Crippen LogP) is 2.32. The van der Waals surface area contributed by atoms with Crippen LogP contribution in [0.25, 0.3) is 0 Å². The molecule has 2 heterocycles. The summed E-state index contributed by atoms with van der Waals surface area (Å²) < 4.78 is 0. The van der Waals surface area contributed by atoms with Crippen LogP contribution in [0.5, 0.6) is 0 Å². The fourth-order valence-corrected chi connectivity index (χ4v) is 2.67. The van der Waals surface area contributed by atoms with Crippen LogP contribution < -0.4 is 10.2 Å². The molecule has 1 aliphatic heterocycles. The van der Waals surface area contributed by atoms with E-state index in [2.05, 4.69) is 27.1 Å². The molecule has 20 heavy (non-hydrogen) atoms. The topological polar surface area (TPSA) is 78.4 Å². The SMILES string of the molecule is CCCc1cc(N2CCCC(NC(=O)O)C2)nc(Cl)n1. The van der Waals surface area contributed by atoms with Crippen LogP contribution in [0.4, 0.5) is 10.6 Å². The summed E-state index contributed by atoms with van der Waals surface area (Å²) in [4.78, 5) is 21.3. The summed E-state index contributed by atoms with van der Waals surface area (Å²) in [5.74, 6) is 0.783. The van der Waals surface area contributed by atoms with Gasteiger partial charge in [0.25, 0.3) is 0 Å². The average Bonchev–Trinajstić information content (AvgIpc) is 2.38. The van der Waals surface area contributed by atoms with Crippen LogP contribution in [-0.2, 0) is 6.42 Å². The number of carbonyl (C=O) groups is 1. The van der Waals surface area contributed by atoms with Crippen molar-refractivity contribution in [1.82, 2.24) is 15.3 Å². The second-order valence-electron chi connectivity index (χ2n) is 4.97. The molecule has 0 bridgehead atoms. The van der Waals surface area contributed by atoms with Crippen LogP contribution in [0.1, 0.15) is 31.9 Å². The highest BCUT2D eigenvalue weighted by atomic mass is 35.5. The molecule has 2 rings (SSSR count). The van der Waals surface area contributed by atoms with Crippen LogP contribution in [0.15, 0.2) is 6.07 Å². The maximum Gasteiger partial charge on any atom is 0.404 e. The molecule has 1 unspecified atom stereocenters. The molecule has 1 saturated heterocycles. The molecule has 0 saturated carbocycles. The number of rotatable bonds is 4. The molecule has 0 aliphatic carbocycles. The van der Waals surface area contributed by atoms with E-state index in [9.17, 15) is 4.79 Å². The molecule has 6 nitrogen and oxygen atoms in total. The first-order valence-electron chi connectivity index (χ1n) is 6.86. The zero-order valence-corrected chi connectivity index (χ0v) is 12.2. The summed E-state index contributed by atoms with van der Waals surface area (Å²) >= 11 is 5.97. The highest BCUT2D eigenvalue weighted by molar-refractivity contribution is 6.28. The van der Waals surface area contributed by atoms with Crippen LogP contribution in [0.3, 0.4) is 0 Å². The van der Waals surface area contributed by atoms with Gasteiger partial charge in [0.15, 0.2) is 0 Å². The maximum atomic E-state index is 10.7. The van der Waals surface area contributed by atoms with Gasteiger partial charge in [-0.15, -0.1) is 0 Å². The van der Waals surface area contributed by atoms with Crippen molar-refractivity contribution in [1.29, 1.82) is 0 Å². The number of nitrogens with one attached hydrogen (secondary N) is 1. The van der Waals surface area contributed by atoms with Crippen molar-refractivity contribution in [2.75, 3.05) is 18.0 Å². The standard InChI is InChI=1S/C13H19ClN4O2/c1-2-4-9-7-11(17-12(14)15-9)18-6-3-5-10(8-18)16-13(19)20/h7,10,16H,2-6,8H2,1H3,(H,19,20). The van der Waals surface area contributed by atoms with Gasteiger partial charge in [-0.3, -0.25) is 0 Å². The highest BCUT2D eigenvalue weighted by Crippen LogP contribution is 2.20. The lowest BCUT2D eigenvalue weighted by Crippen LogP contribution is -2.47. The van der Waals surface area contributed by atoms with E-state index in [0.717, 1.165) is 43.7 Å². The van der Waals surface area contributed by atoms with Gasteiger partial charge in [-0.1, -0.05) is 13.3 Å². The lowest BCUT2D eigenvalue weighted by Gasteiger charge is -2.33. The van der Waals surface area contributed by atoms with Crippen molar-refractivity contribution in [2.45, 2.75) is 38.6 Å². The Kier molecular flexibility index (Phi) is 5.00. The molecule has 0 radical (unpaired) electrons. The van der Waals surface area contributed by atoms with E-state index in [0.29, 0.717) is 6.54 Å². The minimum Gasteiger partial charge on any atom is -0.465 e. The molecular weight excluding hydrogens is 280 g/mol. The van der Waals surface area contributed by atoms with Gasteiger partial charge in [-0.25, -0.2) is 14.8 Å². The first kappa shape index (κ1) is 14.8. The van der Waals surface area contributed by atoms with Crippen molar-refractivity contribution in [3.8, 4) is 0 Å². The lowest BCUT2D eigenvalue weighted by molar-refractivity contribution is 0.188. The normalized spacial score (nSPS) is 18.9. The first-order chi connectivity index (χ1) is 9.58. The molecule has 7 heteroatoms. The Morgan fingerprint density at radius 1 is 1.60 bits per heavy atom. The van der Waals surface area contributed by atoms with E-state index in [-0.39, 0.29) is 11.3 Å². The van der Waals surface area contributed by atoms with Crippen LogP contribution >= 0.6 is 11.6 Å². The van der Waals surface area contributed by atoms with Gasteiger partial charge in [0.1, 0.15) is 5.82 Å². The number of halogens is 1. The number of aromatic nitrogens is 2. The highest BCUT2D eigenvalue weighted by Gasteiger charge is 2.22. The quantitative estimate of drug-likeness (QED) is 0.834. The average molecular weight is 299 g/mol. The number of hydrogen-bond donors (Lipinski definition) is 2. The molecule has 110 valence electrons. The monoisotopic (exact) mass is 298 g/mol. The number of nitrogens with zero attached hydrogens (tertiary/aromatic N) is 3. The van der Waals surface area contributed by atoms with Crippen molar-refractivity contribution >= 4 is 23.5 Å². The van der Waals surface area contributed by atoms with E-state index in [1.165, 1.54) is 0 Å². The Labute approximate surface area is 123 Å². The summed E-state index contributed by atoms with van der Waals surface area (Å²) in [5.41, 5.74) is 0.927. The smallest absolute Gasteiger partial charge is 0.404 e. The Hall–Kier alpha value is -1.56. The fourth-order valence-electron chi connectivity index (χ4n) is 2.48. The number of carboxylic acid groups (broad SMARTS) is 1. The second-order valence-corrected chi connectivity index (χ2v) is 5.31. The third kappa shape index (κ3) is 3.96. The first-order valence-corrected chi connectivity index (χ1v) is 7.24. The second kappa shape index (κ2) is 6.74. The van der Waals surface area contributed by atoms with Gasteiger partial charge in [-0.05, 0) is 30.9 Å². The van der Waals surface area contributed by atoms with Gasteiger partial charge in [0, 0.05) is 30.9 Å². The van der Waals surface area contributed by atoms with E-state index in [4.69, 9.17) is 16.7 Å². The Morgan fingerprint density at radius 3 is 3.10 bits per heavy atom. The van der Waals surface area contributed by atoms with Crippen LogP contribution in [-0.4, -0.2) is 40.3 Å². The number of amides is 1. The molecule has 1 fully saturated rings.